The minimum Gasteiger partial charge on any atom is -0.478 e. The summed E-state index contributed by atoms with van der Waals surface area (Å²) in [7, 11) is 0. The van der Waals surface area contributed by atoms with Gasteiger partial charge in [-0.1, -0.05) is 24.6 Å². The Kier molecular flexibility index (Phi) is 5.34. The zero-order chi connectivity index (χ0) is 20.8. The van der Waals surface area contributed by atoms with Crippen LogP contribution < -0.4 is 5.73 Å². The summed E-state index contributed by atoms with van der Waals surface area (Å²) in [6.45, 7) is 5.37. The van der Waals surface area contributed by atoms with E-state index in [4.69, 9.17) is 10.6 Å². The molecule has 0 aromatic carbocycles. The molecule has 0 spiro atoms. The molecule has 4 unspecified atom stereocenters. The summed E-state index contributed by atoms with van der Waals surface area (Å²) in [5, 5.41) is 13.9. The number of aliphatic carboxylic acids is 1. The zero-order valence-electron chi connectivity index (χ0n) is 17.7. The summed E-state index contributed by atoms with van der Waals surface area (Å²) < 4.78 is 0. The molecule has 0 aromatic rings. The fourth-order valence-electron chi connectivity index (χ4n) is 7.32. The molecule has 0 radical (unpaired) electrons. The van der Waals surface area contributed by atoms with Crippen molar-refractivity contribution in [3.63, 3.8) is 0 Å². The molecule has 4 saturated carbocycles. The van der Waals surface area contributed by atoms with Gasteiger partial charge < -0.3 is 15.7 Å². The fraction of sp³-hybridized carbons (Fsp3) is 0.783. The molecular formula is C23H34N2O4. The highest BCUT2D eigenvalue weighted by Gasteiger charge is 2.61. The lowest BCUT2D eigenvalue weighted by molar-refractivity contribution is -0.135. The van der Waals surface area contributed by atoms with E-state index in [1.165, 1.54) is 6.08 Å². The Morgan fingerprint density at radius 3 is 2.76 bits per heavy atom. The molecule has 0 amide bonds. The number of allylic oxidation sites excluding steroid dienone is 1. The maximum absolute atomic E-state index is 12.6. The molecular weight excluding hydrogens is 368 g/mol. The predicted octanol–water partition coefficient (Wildman–Crippen LogP) is 3.55. The van der Waals surface area contributed by atoms with E-state index in [-0.39, 0.29) is 16.7 Å². The summed E-state index contributed by atoms with van der Waals surface area (Å²) in [6, 6.07) is 0. The van der Waals surface area contributed by atoms with Crippen molar-refractivity contribution in [3.05, 3.63) is 11.6 Å². The predicted molar refractivity (Wildman–Crippen MR) is 110 cm³/mol. The summed E-state index contributed by atoms with van der Waals surface area (Å²) in [5.41, 5.74) is 7.41. The van der Waals surface area contributed by atoms with E-state index >= 15 is 0 Å². The van der Waals surface area contributed by atoms with Crippen LogP contribution in [-0.4, -0.2) is 35.7 Å². The second-order valence-corrected chi connectivity index (χ2v) is 10.1. The lowest BCUT2D eigenvalue weighted by atomic mass is 9.44. The maximum atomic E-state index is 12.6. The number of carboxylic acids is 1. The standard InChI is InChI=1S/C23H34N2O4/c1-22-7-5-15(25-29-10-9-24)13-19(22)14(12-21(27)28)11-16-17-3-4-20(26)23(17,2)8-6-18(16)22/h12,16-19H,3-11,13,24H2,1-2H3,(H,27,28)/t16?,17?,18?,19?,22-,23+/m1/s1. The van der Waals surface area contributed by atoms with Crippen LogP contribution in [0.3, 0.4) is 0 Å². The van der Waals surface area contributed by atoms with Gasteiger partial charge in [-0.25, -0.2) is 4.79 Å². The molecule has 0 aliphatic heterocycles. The first-order valence-electron chi connectivity index (χ1n) is 11.1. The average molecular weight is 403 g/mol. The van der Waals surface area contributed by atoms with Gasteiger partial charge in [0.25, 0.3) is 0 Å². The molecule has 160 valence electrons. The number of oxime groups is 1. The Labute approximate surface area is 172 Å². The molecule has 4 aliphatic carbocycles. The van der Waals surface area contributed by atoms with Crippen LogP contribution in [-0.2, 0) is 14.4 Å². The summed E-state index contributed by atoms with van der Waals surface area (Å²) in [4.78, 5) is 29.6. The third-order valence-electron chi connectivity index (χ3n) is 8.81. The average Bonchev–Trinajstić information content (AvgIpc) is 2.97. The van der Waals surface area contributed by atoms with E-state index in [9.17, 15) is 14.7 Å². The molecule has 6 atom stereocenters. The molecule has 3 N–H and O–H groups in total. The SMILES string of the molecule is C[C@]12CCC(=NOCCN)CC1C(=CC(=O)O)CC1C2CC[C@]2(C)C(=O)CCC12. The third-order valence-corrected chi connectivity index (χ3v) is 8.81. The Morgan fingerprint density at radius 2 is 2.03 bits per heavy atom. The van der Waals surface area contributed by atoms with E-state index in [1.54, 1.807) is 0 Å². The summed E-state index contributed by atoms with van der Waals surface area (Å²) >= 11 is 0. The number of nitrogens with zero attached hydrogens (tertiary/aromatic N) is 1. The molecule has 6 heteroatoms. The van der Waals surface area contributed by atoms with Gasteiger partial charge >= 0.3 is 5.97 Å². The Bertz CT molecular complexity index is 760. The quantitative estimate of drug-likeness (QED) is 0.425. The molecule has 0 heterocycles. The van der Waals surface area contributed by atoms with Crippen molar-refractivity contribution >= 4 is 17.5 Å². The molecule has 0 saturated heterocycles. The third kappa shape index (κ3) is 3.33. The lowest BCUT2D eigenvalue weighted by Crippen LogP contribution is -2.54. The van der Waals surface area contributed by atoms with Crippen LogP contribution in [0.1, 0.15) is 65.2 Å². The number of hydrogen-bond donors (Lipinski definition) is 2. The molecule has 4 aliphatic rings. The minimum absolute atomic E-state index is 0.0596. The normalized spacial score (nSPS) is 44.3. The molecule has 6 nitrogen and oxygen atoms in total. The van der Waals surface area contributed by atoms with Gasteiger partial charge in [-0.15, -0.1) is 0 Å². The van der Waals surface area contributed by atoms with Crippen molar-refractivity contribution < 1.29 is 19.5 Å². The van der Waals surface area contributed by atoms with E-state index in [0.717, 1.165) is 56.2 Å². The van der Waals surface area contributed by atoms with Crippen LogP contribution >= 0.6 is 0 Å². The first-order valence-corrected chi connectivity index (χ1v) is 11.1. The summed E-state index contributed by atoms with van der Waals surface area (Å²) in [5.74, 6) is 1.10. The van der Waals surface area contributed by atoms with E-state index in [2.05, 4.69) is 19.0 Å². The number of carbonyl (C=O) groups is 2. The second-order valence-electron chi connectivity index (χ2n) is 10.1. The first kappa shape index (κ1) is 20.6. The van der Waals surface area contributed by atoms with Gasteiger partial charge in [0.2, 0.25) is 0 Å². The monoisotopic (exact) mass is 402 g/mol. The van der Waals surface area contributed by atoms with Crippen LogP contribution in [0.15, 0.2) is 16.8 Å². The van der Waals surface area contributed by atoms with Crippen LogP contribution in [0.25, 0.3) is 0 Å². The van der Waals surface area contributed by atoms with Crippen molar-refractivity contribution in [2.24, 2.45) is 45.4 Å². The molecule has 0 bridgehead atoms. The number of carbonyl (C=O) groups excluding carboxylic acids is 1. The van der Waals surface area contributed by atoms with Gasteiger partial charge in [-0.3, -0.25) is 4.79 Å². The largest absolute Gasteiger partial charge is 0.478 e. The van der Waals surface area contributed by atoms with E-state index < -0.39 is 5.97 Å². The summed E-state index contributed by atoms with van der Waals surface area (Å²) in [6.07, 6.45) is 8.64. The zero-order valence-corrected chi connectivity index (χ0v) is 17.7. The first-order chi connectivity index (χ1) is 13.8. The smallest absolute Gasteiger partial charge is 0.328 e. The number of rotatable bonds is 4. The van der Waals surface area contributed by atoms with Crippen molar-refractivity contribution in [2.45, 2.75) is 65.2 Å². The van der Waals surface area contributed by atoms with Crippen molar-refractivity contribution in [2.75, 3.05) is 13.2 Å². The topological polar surface area (TPSA) is 102 Å². The maximum Gasteiger partial charge on any atom is 0.328 e. The van der Waals surface area contributed by atoms with Gasteiger partial charge in [0.1, 0.15) is 12.4 Å². The molecule has 4 rings (SSSR count). The van der Waals surface area contributed by atoms with Gasteiger partial charge in [-0.05, 0) is 74.0 Å². The number of fused-ring (bicyclic) bond motifs is 5. The highest BCUT2D eigenvalue weighted by molar-refractivity contribution is 5.88. The van der Waals surface area contributed by atoms with Gasteiger partial charge in [0.05, 0.1) is 5.71 Å². The number of carboxylic acid groups (broad SMARTS) is 1. The fourth-order valence-corrected chi connectivity index (χ4v) is 7.32. The van der Waals surface area contributed by atoms with E-state index in [1.807, 2.05) is 0 Å². The van der Waals surface area contributed by atoms with Crippen molar-refractivity contribution in [1.29, 1.82) is 0 Å². The molecule has 0 aromatic heterocycles. The van der Waals surface area contributed by atoms with Gasteiger partial charge in [0, 0.05) is 24.5 Å². The molecule has 29 heavy (non-hydrogen) atoms. The minimum atomic E-state index is -0.870. The second kappa shape index (κ2) is 7.53. The number of Topliss-reactive ketones (excluding diaryl/α,β-unsaturated/α-hetero) is 1. The van der Waals surface area contributed by atoms with Crippen molar-refractivity contribution in [3.8, 4) is 0 Å². The van der Waals surface area contributed by atoms with Crippen LogP contribution in [0, 0.1) is 34.5 Å². The molecule has 4 fully saturated rings. The Balaban J connectivity index is 1.67. The Morgan fingerprint density at radius 1 is 1.24 bits per heavy atom. The highest BCUT2D eigenvalue weighted by atomic mass is 16.6. The van der Waals surface area contributed by atoms with Gasteiger partial charge in [-0.2, -0.15) is 0 Å². The Hall–Kier alpha value is -1.69. The number of nitrogens with two attached hydrogens (primary N) is 1. The highest BCUT2D eigenvalue weighted by Crippen LogP contribution is 2.66. The number of hydrogen-bond acceptors (Lipinski definition) is 5. The van der Waals surface area contributed by atoms with Crippen molar-refractivity contribution in [1.82, 2.24) is 0 Å². The number of ketones is 1. The van der Waals surface area contributed by atoms with Crippen LogP contribution in [0.4, 0.5) is 0 Å². The van der Waals surface area contributed by atoms with Crippen LogP contribution in [0.5, 0.6) is 0 Å². The van der Waals surface area contributed by atoms with Gasteiger partial charge in [0.15, 0.2) is 0 Å². The van der Waals surface area contributed by atoms with Crippen LogP contribution in [0.2, 0.25) is 0 Å². The lowest BCUT2D eigenvalue weighted by Gasteiger charge is -2.60. The van der Waals surface area contributed by atoms with E-state index in [0.29, 0.717) is 43.1 Å².